The molecule has 0 radical (unpaired) electrons. The van der Waals surface area contributed by atoms with E-state index in [1.165, 1.54) is 0 Å². The zero-order valence-corrected chi connectivity index (χ0v) is 10.7. The standard InChI is InChI=1S/C12H16N4S/c1-10-12(9-17-8-7-13)15-16(14-10)11-5-3-2-4-6-11/h2-6H,7-9,13H2,1H3. The van der Waals surface area contributed by atoms with Crippen molar-refractivity contribution in [2.75, 3.05) is 12.3 Å². The number of thioether (sulfide) groups is 1. The smallest absolute Gasteiger partial charge is 0.0959 e. The van der Waals surface area contributed by atoms with Crippen LogP contribution >= 0.6 is 11.8 Å². The number of hydrogen-bond donors (Lipinski definition) is 1. The SMILES string of the molecule is Cc1nn(-c2ccccc2)nc1CSCCN. The van der Waals surface area contributed by atoms with E-state index in [2.05, 4.69) is 10.2 Å². The zero-order chi connectivity index (χ0) is 12.1. The Bertz CT molecular complexity index is 467. The van der Waals surface area contributed by atoms with Gasteiger partial charge >= 0.3 is 0 Å². The second kappa shape index (κ2) is 5.84. The summed E-state index contributed by atoms with van der Waals surface area (Å²) in [4.78, 5) is 1.69. The molecule has 1 heterocycles. The molecule has 17 heavy (non-hydrogen) atoms. The molecule has 0 saturated heterocycles. The van der Waals surface area contributed by atoms with Crippen molar-refractivity contribution in [1.82, 2.24) is 15.0 Å². The number of aryl methyl sites for hydroxylation is 1. The van der Waals surface area contributed by atoms with Crippen molar-refractivity contribution in [3.63, 3.8) is 0 Å². The lowest BCUT2D eigenvalue weighted by atomic mass is 10.3. The lowest BCUT2D eigenvalue weighted by Crippen LogP contribution is -2.02. The minimum atomic E-state index is 0.705. The average molecular weight is 248 g/mol. The van der Waals surface area contributed by atoms with Crippen LogP contribution in [-0.4, -0.2) is 27.3 Å². The molecule has 0 amide bonds. The first-order valence-electron chi connectivity index (χ1n) is 5.57. The quantitative estimate of drug-likeness (QED) is 0.819. The summed E-state index contributed by atoms with van der Waals surface area (Å²) in [6, 6.07) is 9.94. The van der Waals surface area contributed by atoms with Gasteiger partial charge in [-0.2, -0.15) is 26.8 Å². The molecule has 0 atom stereocenters. The minimum Gasteiger partial charge on any atom is -0.330 e. The minimum absolute atomic E-state index is 0.705. The van der Waals surface area contributed by atoms with E-state index < -0.39 is 0 Å². The van der Waals surface area contributed by atoms with E-state index in [0.29, 0.717) is 6.54 Å². The molecule has 0 unspecified atom stereocenters. The molecule has 90 valence electrons. The van der Waals surface area contributed by atoms with Crippen LogP contribution in [0.3, 0.4) is 0 Å². The van der Waals surface area contributed by atoms with E-state index in [4.69, 9.17) is 5.73 Å². The number of nitrogens with zero attached hydrogens (tertiary/aromatic N) is 3. The number of nitrogens with two attached hydrogens (primary N) is 1. The molecular weight excluding hydrogens is 232 g/mol. The lowest BCUT2D eigenvalue weighted by molar-refractivity contribution is 0.740. The summed E-state index contributed by atoms with van der Waals surface area (Å²) in [6.45, 7) is 2.70. The van der Waals surface area contributed by atoms with Crippen LogP contribution in [0.25, 0.3) is 5.69 Å². The van der Waals surface area contributed by atoms with Crippen molar-refractivity contribution >= 4 is 11.8 Å². The summed E-state index contributed by atoms with van der Waals surface area (Å²) in [6.07, 6.45) is 0. The largest absolute Gasteiger partial charge is 0.330 e. The highest BCUT2D eigenvalue weighted by Gasteiger charge is 2.07. The molecular formula is C12H16N4S. The third-order valence-electron chi connectivity index (χ3n) is 2.37. The van der Waals surface area contributed by atoms with Gasteiger partial charge in [-0.3, -0.25) is 0 Å². The van der Waals surface area contributed by atoms with E-state index in [9.17, 15) is 0 Å². The summed E-state index contributed by atoms with van der Waals surface area (Å²) in [7, 11) is 0. The predicted molar refractivity (Wildman–Crippen MR) is 71.3 cm³/mol. The van der Waals surface area contributed by atoms with Crippen LogP contribution in [-0.2, 0) is 5.75 Å². The Morgan fingerprint density at radius 3 is 2.71 bits per heavy atom. The van der Waals surface area contributed by atoms with E-state index in [0.717, 1.165) is 28.6 Å². The second-order valence-corrected chi connectivity index (χ2v) is 4.80. The maximum absolute atomic E-state index is 5.46. The van der Waals surface area contributed by atoms with Crippen LogP contribution in [0.15, 0.2) is 30.3 Å². The molecule has 0 aliphatic heterocycles. The third-order valence-corrected chi connectivity index (χ3v) is 3.37. The molecule has 0 saturated carbocycles. The highest BCUT2D eigenvalue weighted by molar-refractivity contribution is 7.98. The molecule has 2 rings (SSSR count). The number of rotatable bonds is 5. The van der Waals surface area contributed by atoms with Gasteiger partial charge in [0.15, 0.2) is 0 Å². The van der Waals surface area contributed by atoms with Crippen LogP contribution in [0.2, 0.25) is 0 Å². The van der Waals surface area contributed by atoms with Gasteiger partial charge in [-0.1, -0.05) is 18.2 Å². The van der Waals surface area contributed by atoms with Crippen molar-refractivity contribution in [3.8, 4) is 5.69 Å². The number of benzene rings is 1. The first kappa shape index (κ1) is 12.1. The average Bonchev–Trinajstić information content (AvgIpc) is 2.73. The topological polar surface area (TPSA) is 56.7 Å². The lowest BCUT2D eigenvalue weighted by Gasteiger charge is -1.97. The zero-order valence-electron chi connectivity index (χ0n) is 9.84. The van der Waals surface area contributed by atoms with Crippen LogP contribution in [0.1, 0.15) is 11.4 Å². The Morgan fingerprint density at radius 1 is 1.24 bits per heavy atom. The molecule has 2 aromatic rings. The van der Waals surface area contributed by atoms with Crippen molar-refractivity contribution in [2.24, 2.45) is 5.73 Å². The van der Waals surface area contributed by atoms with E-state index in [1.54, 1.807) is 16.6 Å². The van der Waals surface area contributed by atoms with Crippen LogP contribution in [0.4, 0.5) is 0 Å². The highest BCUT2D eigenvalue weighted by atomic mass is 32.2. The number of hydrogen-bond acceptors (Lipinski definition) is 4. The molecule has 4 nitrogen and oxygen atoms in total. The third kappa shape index (κ3) is 3.08. The van der Waals surface area contributed by atoms with E-state index >= 15 is 0 Å². The van der Waals surface area contributed by atoms with Gasteiger partial charge in [0.2, 0.25) is 0 Å². The summed E-state index contributed by atoms with van der Waals surface area (Å²) in [5, 5.41) is 8.92. The Labute approximate surface area is 105 Å². The Balaban J connectivity index is 2.13. The fourth-order valence-corrected chi connectivity index (χ4v) is 2.24. The second-order valence-electron chi connectivity index (χ2n) is 3.70. The normalized spacial score (nSPS) is 10.7. The van der Waals surface area contributed by atoms with Gasteiger partial charge in [-0.15, -0.1) is 0 Å². The number of para-hydroxylation sites is 1. The van der Waals surface area contributed by atoms with Gasteiger partial charge in [-0.25, -0.2) is 0 Å². The molecule has 0 fully saturated rings. The maximum atomic E-state index is 5.46. The Morgan fingerprint density at radius 2 is 2.00 bits per heavy atom. The summed E-state index contributed by atoms with van der Waals surface area (Å²) < 4.78 is 0. The van der Waals surface area contributed by atoms with Crippen molar-refractivity contribution in [3.05, 3.63) is 41.7 Å². The summed E-state index contributed by atoms with van der Waals surface area (Å²) >= 11 is 1.79. The van der Waals surface area contributed by atoms with Crippen LogP contribution in [0, 0.1) is 6.92 Å². The van der Waals surface area contributed by atoms with Crippen molar-refractivity contribution < 1.29 is 0 Å². The molecule has 5 heteroatoms. The Kier molecular flexibility index (Phi) is 4.17. The first-order valence-corrected chi connectivity index (χ1v) is 6.73. The van der Waals surface area contributed by atoms with Gasteiger partial charge in [-0.05, 0) is 19.1 Å². The van der Waals surface area contributed by atoms with Crippen molar-refractivity contribution in [1.29, 1.82) is 0 Å². The summed E-state index contributed by atoms with van der Waals surface area (Å²) in [5.74, 6) is 1.83. The first-order chi connectivity index (χ1) is 8.31. The van der Waals surface area contributed by atoms with E-state index in [-0.39, 0.29) is 0 Å². The van der Waals surface area contributed by atoms with Gasteiger partial charge in [0, 0.05) is 18.1 Å². The number of aromatic nitrogens is 3. The predicted octanol–water partition coefficient (Wildman–Crippen LogP) is 1.77. The van der Waals surface area contributed by atoms with E-state index in [1.807, 2.05) is 37.3 Å². The van der Waals surface area contributed by atoms with Crippen molar-refractivity contribution in [2.45, 2.75) is 12.7 Å². The summed E-state index contributed by atoms with van der Waals surface area (Å²) in [5.41, 5.74) is 8.48. The molecule has 0 aliphatic carbocycles. The van der Waals surface area contributed by atoms with Gasteiger partial charge in [0.25, 0.3) is 0 Å². The molecule has 0 spiro atoms. The fourth-order valence-electron chi connectivity index (χ4n) is 1.47. The van der Waals surface area contributed by atoms with Gasteiger partial charge in [0.1, 0.15) is 0 Å². The molecule has 0 aliphatic rings. The monoisotopic (exact) mass is 248 g/mol. The molecule has 1 aromatic heterocycles. The van der Waals surface area contributed by atoms with Gasteiger partial charge in [0.05, 0.1) is 17.1 Å². The Hall–Kier alpha value is -1.33. The van der Waals surface area contributed by atoms with Crippen LogP contribution in [0.5, 0.6) is 0 Å². The molecule has 2 N–H and O–H groups in total. The molecule has 1 aromatic carbocycles. The highest BCUT2D eigenvalue weighted by Crippen LogP contribution is 2.13. The van der Waals surface area contributed by atoms with Crippen LogP contribution < -0.4 is 5.73 Å². The molecule has 0 bridgehead atoms. The maximum Gasteiger partial charge on any atom is 0.0959 e. The fraction of sp³-hybridized carbons (Fsp3) is 0.333. The van der Waals surface area contributed by atoms with Gasteiger partial charge < -0.3 is 5.73 Å².